The first-order chi connectivity index (χ1) is 9.81. The molecule has 4 rings (SSSR count). The smallest absolute Gasteiger partial charge is 0.298 e. The van der Waals surface area contributed by atoms with Crippen LogP contribution in [0.15, 0.2) is 22.6 Å². The summed E-state index contributed by atoms with van der Waals surface area (Å²) in [6.07, 6.45) is 5.16. The second-order valence-corrected chi connectivity index (χ2v) is 5.68. The molecule has 20 heavy (non-hydrogen) atoms. The highest BCUT2D eigenvalue weighted by Gasteiger charge is 2.36. The van der Waals surface area contributed by atoms with Gasteiger partial charge in [0.1, 0.15) is 5.52 Å². The van der Waals surface area contributed by atoms with Crippen LogP contribution in [-0.4, -0.2) is 30.3 Å². The lowest BCUT2D eigenvalue weighted by Crippen LogP contribution is -2.53. The normalized spacial score (nSPS) is 26.7. The van der Waals surface area contributed by atoms with E-state index in [9.17, 15) is 0 Å². The fourth-order valence-corrected chi connectivity index (χ4v) is 3.39. The van der Waals surface area contributed by atoms with E-state index in [1.165, 1.54) is 12.8 Å². The Labute approximate surface area is 117 Å². The summed E-state index contributed by atoms with van der Waals surface area (Å²) in [5.74, 6) is 0. The van der Waals surface area contributed by atoms with E-state index in [1.54, 1.807) is 0 Å². The van der Waals surface area contributed by atoms with Crippen LogP contribution in [-0.2, 0) is 4.74 Å². The Morgan fingerprint density at radius 2 is 2.15 bits per heavy atom. The molecule has 5 heteroatoms. The number of rotatable bonds is 1. The van der Waals surface area contributed by atoms with Crippen molar-refractivity contribution in [3.05, 3.63) is 18.2 Å². The minimum absolute atomic E-state index is 0.331. The highest BCUT2D eigenvalue weighted by Crippen LogP contribution is 2.33. The first-order valence-corrected chi connectivity index (χ1v) is 7.35. The number of morpholine rings is 1. The lowest BCUT2D eigenvalue weighted by atomic mass is 9.90. The van der Waals surface area contributed by atoms with Gasteiger partial charge in [-0.05, 0) is 25.0 Å². The molecular formula is C15H19N3O2. The molecule has 2 N–H and O–H groups in total. The number of ether oxygens (including phenoxy) is 1. The van der Waals surface area contributed by atoms with Gasteiger partial charge < -0.3 is 19.8 Å². The molecule has 1 aliphatic heterocycles. The molecule has 2 aliphatic rings. The molecule has 0 radical (unpaired) electrons. The number of fused-ring (bicyclic) bond motifs is 2. The van der Waals surface area contributed by atoms with Crippen LogP contribution >= 0.6 is 0 Å². The highest BCUT2D eigenvalue weighted by molar-refractivity contribution is 5.78. The number of nitrogens with two attached hydrogens (primary N) is 1. The van der Waals surface area contributed by atoms with Gasteiger partial charge in [0.25, 0.3) is 6.01 Å². The fraction of sp³-hybridized carbons (Fsp3) is 0.533. The van der Waals surface area contributed by atoms with Gasteiger partial charge in [0, 0.05) is 18.3 Å². The van der Waals surface area contributed by atoms with Gasteiger partial charge in [-0.1, -0.05) is 12.8 Å². The van der Waals surface area contributed by atoms with E-state index in [-0.39, 0.29) is 0 Å². The van der Waals surface area contributed by atoms with Crippen molar-refractivity contribution in [2.45, 2.75) is 37.8 Å². The minimum Gasteiger partial charge on any atom is -0.423 e. The summed E-state index contributed by atoms with van der Waals surface area (Å²) in [6.45, 7) is 1.60. The van der Waals surface area contributed by atoms with Crippen LogP contribution in [0, 0.1) is 0 Å². The van der Waals surface area contributed by atoms with Crippen molar-refractivity contribution in [3.63, 3.8) is 0 Å². The molecule has 2 aromatic rings. The second-order valence-electron chi connectivity index (χ2n) is 5.68. The first-order valence-electron chi connectivity index (χ1n) is 7.35. The summed E-state index contributed by atoms with van der Waals surface area (Å²) in [6, 6.07) is 6.73. The van der Waals surface area contributed by atoms with Crippen LogP contribution in [0.2, 0.25) is 0 Å². The second kappa shape index (κ2) is 4.66. The zero-order chi connectivity index (χ0) is 13.5. The lowest BCUT2D eigenvalue weighted by Gasteiger charge is -2.42. The van der Waals surface area contributed by atoms with Crippen molar-refractivity contribution in [3.8, 4) is 0 Å². The molecule has 0 bridgehead atoms. The third-order valence-electron chi connectivity index (χ3n) is 4.38. The summed E-state index contributed by atoms with van der Waals surface area (Å²) >= 11 is 0. The molecule has 2 atom stereocenters. The molecule has 1 aromatic carbocycles. The maximum absolute atomic E-state index is 5.92. The van der Waals surface area contributed by atoms with E-state index in [0.717, 1.165) is 37.1 Å². The van der Waals surface area contributed by atoms with Crippen LogP contribution in [0.3, 0.4) is 0 Å². The molecule has 106 valence electrons. The molecular weight excluding hydrogens is 254 g/mol. The molecule has 1 aromatic heterocycles. The number of oxazole rings is 1. The van der Waals surface area contributed by atoms with Crippen LogP contribution in [0.5, 0.6) is 0 Å². The van der Waals surface area contributed by atoms with Crippen molar-refractivity contribution < 1.29 is 9.15 Å². The van der Waals surface area contributed by atoms with E-state index in [4.69, 9.17) is 14.9 Å². The maximum Gasteiger partial charge on any atom is 0.298 e. The van der Waals surface area contributed by atoms with Gasteiger partial charge in [0.15, 0.2) is 5.58 Å². The molecule has 0 amide bonds. The predicted molar refractivity (Wildman–Crippen MR) is 77.8 cm³/mol. The monoisotopic (exact) mass is 273 g/mol. The van der Waals surface area contributed by atoms with Gasteiger partial charge in [-0.15, -0.1) is 0 Å². The summed E-state index contributed by atoms with van der Waals surface area (Å²) < 4.78 is 11.8. The van der Waals surface area contributed by atoms with Crippen molar-refractivity contribution in [2.24, 2.45) is 0 Å². The number of nitrogens with zero attached hydrogens (tertiary/aromatic N) is 2. The van der Waals surface area contributed by atoms with Gasteiger partial charge in [0.2, 0.25) is 0 Å². The van der Waals surface area contributed by atoms with Gasteiger partial charge in [-0.3, -0.25) is 0 Å². The molecule has 2 unspecified atom stereocenters. The minimum atomic E-state index is 0.331. The van der Waals surface area contributed by atoms with Crippen molar-refractivity contribution in [1.29, 1.82) is 0 Å². The Bertz CT molecular complexity index is 623. The lowest BCUT2D eigenvalue weighted by molar-refractivity contribution is -0.0105. The van der Waals surface area contributed by atoms with E-state index in [0.29, 0.717) is 23.8 Å². The van der Waals surface area contributed by atoms with Crippen LogP contribution in [0.4, 0.5) is 11.7 Å². The third kappa shape index (κ3) is 1.93. The Hall–Kier alpha value is -1.75. The molecule has 1 saturated heterocycles. The van der Waals surface area contributed by atoms with Gasteiger partial charge in [-0.2, -0.15) is 4.98 Å². The van der Waals surface area contributed by atoms with E-state index >= 15 is 0 Å². The van der Waals surface area contributed by atoms with Gasteiger partial charge in [0.05, 0.1) is 18.8 Å². The summed E-state index contributed by atoms with van der Waals surface area (Å²) in [7, 11) is 0. The molecule has 1 aliphatic carbocycles. The quantitative estimate of drug-likeness (QED) is 0.809. The molecule has 5 nitrogen and oxygen atoms in total. The Morgan fingerprint density at radius 1 is 1.25 bits per heavy atom. The Kier molecular flexibility index (Phi) is 2.80. The topological polar surface area (TPSA) is 64.5 Å². The number of hydrogen-bond acceptors (Lipinski definition) is 5. The molecule has 0 spiro atoms. The number of hydrogen-bond donors (Lipinski definition) is 1. The first kappa shape index (κ1) is 12.0. The van der Waals surface area contributed by atoms with Crippen LogP contribution < -0.4 is 10.6 Å². The summed E-state index contributed by atoms with van der Waals surface area (Å²) in [4.78, 5) is 6.90. The van der Waals surface area contributed by atoms with E-state index < -0.39 is 0 Å². The molecule has 1 saturated carbocycles. The number of benzene rings is 1. The van der Waals surface area contributed by atoms with Crippen LogP contribution in [0.25, 0.3) is 11.1 Å². The average Bonchev–Trinajstić information content (AvgIpc) is 2.89. The number of anilines is 2. The van der Waals surface area contributed by atoms with E-state index in [1.807, 2.05) is 18.2 Å². The van der Waals surface area contributed by atoms with Crippen molar-refractivity contribution >= 4 is 22.8 Å². The molecule has 2 fully saturated rings. The average molecular weight is 273 g/mol. The number of aromatic nitrogens is 1. The summed E-state index contributed by atoms with van der Waals surface area (Å²) in [5, 5.41) is 0. The maximum atomic E-state index is 5.92. The Balaban J connectivity index is 1.69. The zero-order valence-electron chi connectivity index (χ0n) is 11.4. The van der Waals surface area contributed by atoms with Crippen molar-refractivity contribution in [1.82, 2.24) is 4.98 Å². The molecule has 2 heterocycles. The Morgan fingerprint density at radius 3 is 3.10 bits per heavy atom. The SMILES string of the molecule is Nc1ccc2nc(N3CCOC4CCCCC43)oc2c1. The predicted octanol–water partition coefficient (Wildman–Crippen LogP) is 2.56. The fourth-order valence-electron chi connectivity index (χ4n) is 3.39. The highest BCUT2D eigenvalue weighted by atomic mass is 16.5. The standard InChI is InChI=1S/C15H19N3O2/c16-10-5-6-11-14(9-10)20-15(17-11)18-7-8-19-13-4-2-1-3-12(13)18/h5-6,9,12-13H,1-4,7-8,16H2. The largest absolute Gasteiger partial charge is 0.423 e. The number of nitrogen functional groups attached to an aromatic ring is 1. The van der Waals surface area contributed by atoms with Crippen LogP contribution in [0.1, 0.15) is 25.7 Å². The van der Waals surface area contributed by atoms with Crippen molar-refractivity contribution in [2.75, 3.05) is 23.8 Å². The van der Waals surface area contributed by atoms with E-state index in [2.05, 4.69) is 9.88 Å². The summed E-state index contributed by atoms with van der Waals surface area (Å²) in [5.41, 5.74) is 8.13. The third-order valence-corrected chi connectivity index (χ3v) is 4.38. The van der Waals surface area contributed by atoms with Gasteiger partial charge in [-0.25, -0.2) is 0 Å². The van der Waals surface area contributed by atoms with Gasteiger partial charge >= 0.3 is 0 Å². The zero-order valence-corrected chi connectivity index (χ0v) is 11.4.